The van der Waals surface area contributed by atoms with Gasteiger partial charge in [-0.3, -0.25) is 0 Å². The second-order valence-corrected chi connectivity index (χ2v) is 5.33. The van der Waals surface area contributed by atoms with Crippen molar-refractivity contribution in [3.05, 3.63) is 71.0 Å². The van der Waals surface area contributed by atoms with Crippen molar-refractivity contribution >= 4 is 0 Å². The van der Waals surface area contributed by atoms with Crippen molar-refractivity contribution in [3.63, 3.8) is 0 Å². The molecule has 0 fully saturated rings. The molecule has 20 heavy (non-hydrogen) atoms. The summed E-state index contributed by atoms with van der Waals surface area (Å²) in [6.45, 7) is 1.36. The highest BCUT2D eigenvalue weighted by molar-refractivity contribution is 5.40. The number of rotatable bonds is 5. The maximum absolute atomic E-state index is 12.8. The van der Waals surface area contributed by atoms with E-state index < -0.39 is 6.10 Å². The molecular formula is C17H18FNO. The summed E-state index contributed by atoms with van der Waals surface area (Å²) >= 11 is 0. The molecular weight excluding hydrogens is 253 g/mol. The topological polar surface area (TPSA) is 32.3 Å². The van der Waals surface area contributed by atoms with Crippen LogP contribution in [-0.4, -0.2) is 18.2 Å². The van der Waals surface area contributed by atoms with E-state index in [9.17, 15) is 9.50 Å². The number of hydrogen-bond donors (Lipinski definition) is 2. The molecule has 1 aliphatic carbocycles. The van der Waals surface area contributed by atoms with Gasteiger partial charge in [0.1, 0.15) is 5.82 Å². The minimum atomic E-state index is -0.592. The Hall–Kier alpha value is -1.71. The first-order chi connectivity index (χ1) is 9.74. The van der Waals surface area contributed by atoms with Gasteiger partial charge in [0, 0.05) is 19.0 Å². The third-order valence-corrected chi connectivity index (χ3v) is 3.94. The quantitative estimate of drug-likeness (QED) is 0.876. The fourth-order valence-corrected chi connectivity index (χ4v) is 2.74. The highest BCUT2D eigenvalue weighted by atomic mass is 19.1. The number of aliphatic hydroxyl groups is 1. The van der Waals surface area contributed by atoms with Crippen LogP contribution in [0.1, 0.15) is 28.7 Å². The van der Waals surface area contributed by atoms with Crippen LogP contribution in [0, 0.1) is 5.82 Å². The summed E-state index contributed by atoms with van der Waals surface area (Å²) in [6.07, 6.45) is 0.515. The molecule has 0 spiro atoms. The summed E-state index contributed by atoms with van der Waals surface area (Å²) < 4.78 is 12.8. The normalized spacial score (nSPS) is 18.2. The number of fused-ring (bicyclic) bond motifs is 1. The second-order valence-electron chi connectivity index (χ2n) is 5.33. The lowest BCUT2D eigenvalue weighted by Gasteiger charge is -2.30. The van der Waals surface area contributed by atoms with Gasteiger partial charge in [-0.25, -0.2) is 4.39 Å². The molecule has 2 aromatic rings. The van der Waals surface area contributed by atoms with Crippen LogP contribution in [0.4, 0.5) is 4.39 Å². The number of benzene rings is 2. The van der Waals surface area contributed by atoms with Crippen LogP contribution in [0.15, 0.2) is 48.5 Å². The predicted molar refractivity (Wildman–Crippen MR) is 77.1 cm³/mol. The van der Waals surface area contributed by atoms with Crippen molar-refractivity contribution in [2.75, 3.05) is 13.1 Å². The van der Waals surface area contributed by atoms with E-state index >= 15 is 0 Å². The van der Waals surface area contributed by atoms with Crippen LogP contribution in [0.3, 0.4) is 0 Å². The molecule has 0 saturated heterocycles. The van der Waals surface area contributed by atoms with Gasteiger partial charge in [0.15, 0.2) is 0 Å². The number of hydrogen-bond acceptors (Lipinski definition) is 2. The maximum Gasteiger partial charge on any atom is 0.123 e. The SMILES string of the molecule is OC(CNCC1Cc2ccccc21)c1ccc(F)cc1. The van der Waals surface area contributed by atoms with Crippen molar-refractivity contribution in [2.24, 2.45) is 0 Å². The van der Waals surface area contributed by atoms with Crippen molar-refractivity contribution in [2.45, 2.75) is 18.4 Å². The van der Waals surface area contributed by atoms with Gasteiger partial charge in [-0.15, -0.1) is 0 Å². The van der Waals surface area contributed by atoms with E-state index in [2.05, 4.69) is 29.6 Å². The Morgan fingerprint density at radius 2 is 1.90 bits per heavy atom. The molecule has 2 unspecified atom stereocenters. The second kappa shape index (κ2) is 5.73. The predicted octanol–water partition coefficient (Wildman–Crippen LogP) is 2.79. The van der Waals surface area contributed by atoms with E-state index in [1.807, 2.05) is 0 Å². The number of nitrogens with one attached hydrogen (secondary N) is 1. The lowest BCUT2D eigenvalue weighted by molar-refractivity contribution is 0.173. The number of aliphatic hydroxyl groups excluding tert-OH is 1. The molecule has 2 nitrogen and oxygen atoms in total. The highest BCUT2D eigenvalue weighted by Crippen LogP contribution is 2.34. The van der Waals surface area contributed by atoms with Gasteiger partial charge in [0.25, 0.3) is 0 Å². The van der Waals surface area contributed by atoms with E-state index in [-0.39, 0.29) is 5.82 Å². The van der Waals surface area contributed by atoms with Crippen LogP contribution < -0.4 is 5.32 Å². The molecule has 0 heterocycles. The van der Waals surface area contributed by atoms with Gasteiger partial charge >= 0.3 is 0 Å². The van der Waals surface area contributed by atoms with E-state index in [0.29, 0.717) is 12.5 Å². The maximum atomic E-state index is 12.8. The molecule has 0 amide bonds. The lowest BCUT2D eigenvalue weighted by Crippen LogP contribution is -2.31. The van der Waals surface area contributed by atoms with Crippen LogP contribution >= 0.6 is 0 Å². The van der Waals surface area contributed by atoms with Gasteiger partial charge < -0.3 is 10.4 Å². The third kappa shape index (κ3) is 2.74. The Balaban J connectivity index is 1.48. The standard InChI is InChI=1S/C17H18FNO/c18-15-7-5-12(6-8-15)17(20)11-19-10-14-9-13-3-1-2-4-16(13)14/h1-8,14,17,19-20H,9-11H2. The molecule has 3 heteroatoms. The summed E-state index contributed by atoms with van der Waals surface area (Å²) in [6, 6.07) is 14.5. The van der Waals surface area contributed by atoms with Crippen LogP contribution in [0.25, 0.3) is 0 Å². The summed E-state index contributed by atoms with van der Waals surface area (Å²) in [5.41, 5.74) is 3.59. The van der Waals surface area contributed by atoms with E-state index in [0.717, 1.165) is 18.5 Å². The van der Waals surface area contributed by atoms with Gasteiger partial charge in [0.2, 0.25) is 0 Å². The Morgan fingerprint density at radius 1 is 1.15 bits per heavy atom. The molecule has 0 radical (unpaired) electrons. The minimum absolute atomic E-state index is 0.278. The zero-order valence-corrected chi connectivity index (χ0v) is 11.2. The summed E-state index contributed by atoms with van der Waals surface area (Å²) in [4.78, 5) is 0. The molecule has 3 rings (SSSR count). The Morgan fingerprint density at radius 3 is 2.65 bits per heavy atom. The highest BCUT2D eigenvalue weighted by Gasteiger charge is 2.24. The first-order valence-corrected chi connectivity index (χ1v) is 6.96. The Labute approximate surface area is 118 Å². The molecule has 0 bridgehead atoms. The Bertz CT molecular complexity index is 582. The van der Waals surface area contributed by atoms with Crippen LogP contribution in [-0.2, 0) is 6.42 Å². The fourth-order valence-electron chi connectivity index (χ4n) is 2.74. The van der Waals surface area contributed by atoms with Crippen molar-refractivity contribution in [1.82, 2.24) is 5.32 Å². The molecule has 2 N–H and O–H groups in total. The summed E-state index contributed by atoms with van der Waals surface area (Å²) in [7, 11) is 0. The fraction of sp³-hybridized carbons (Fsp3) is 0.294. The van der Waals surface area contributed by atoms with Gasteiger partial charge in [-0.2, -0.15) is 0 Å². The van der Waals surface area contributed by atoms with Crippen LogP contribution in [0.5, 0.6) is 0 Å². The molecule has 2 aromatic carbocycles. The van der Waals surface area contributed by atoms with Crippen molar-refractivity contribution < 1.29 is 9.50 Å². The summed E-state index contributed by atoms with van der Waals surface area (Å²) in [5.74, 6) is 0.270. The first-order valence-electron chi connectivity index (χ1n) is 6.96. The molecule has 1 aliphatic rings. The minimum Gasteiger partial charge on any atom is -0.387 e. The van der Waals surface area contributed by atoms with Gasteiger partial charge in [0.05, 0.1) is 6.10 Å². The average molecular weight is 271 g/mol. The zero-order chi connectivity index (χ0) is 13.9. The smallest absolute Gasteiger partial charge is 0.123 e. The van der Waals surface area contributed by atoms with Crippen LogP contribution in [0.2, 0.25) is 0 Å². The molecule has 0 aliphatic heterocycles. The first kappa shape index (κ1) is 13.3. The van der Waals surface area contributed by atoms with E-state index in [4.69, 9.17) is 0 Å². The molecule has 0 aromatic heterocycles. The van der Waals surface area contributed by atoms with Crippen molar-refractivity contribution in [1.29, 1.82) is 0 Å². The van der Waals surface area contributed by atoms with Gasteiger partial charge in [-0.1, -0.05) is 36.4 Å². The molecule has 2 atom stereocenters. The monoisotopic (exact) mass is 271 g/mol. The third-order valence-electron chi connectivity index (χ3n) is 3.94. The van der Waals surface area contributed by atoms with E-state index in [1.165, 1.54) is 23.3 Å². The summed E-state index contributed by atoms with van der Waals surface area (Å²) in [5, 5.41) is 13.3. The lowest BCUT2D eigenvalue weighted by atomic mass is 9.77. The number of halogens is 1. The Kier molecular flexibility index (Phi) is 3.81. The zero-order valence-electron chi connectivity index (χ0n) is 11.2. The molecule has 0 saturated carbocycles. The molecule has 104 valence electrons. The van der Waals surface area contributed by atoms with E-state index in [1.54, 1.807) is 12.1 Å². The largest absolute Gasteiger partial charge is 0.387 e. The van der Waals surface area contributed by atoms with Crippen molar-refractivity contribution in [3.8, 4) is 0 Å². The average Bonchev–Trinajstić information content (AvgIpc) is 2.44. The van der Waals surface area contributed by atoms with Gasteiger partial charge in [-0.05, 0) is 35.2 Å².